The summed E-state index contributed by atoms with van der Waals surface area (Å²) in [6.45, 7) is 1.96. The maximum atomic E-state index is 12.3. The Morgan fingerprint density at radius 1 is 1.28 bits per heavy atom. The molecule has 2 aromatic heterocycles. The molecule has 25 heavy (non-hydrogen) atoms. The second-order valence-corrected chi connectivity index (χ2v) is 6.81. The molecule has 1 N–H and O–H groups in total. The number of rotatable bonds is 5. The van der Waals surface area contributed by atoms with Crippen molar-refractivity contribution in [3.05, 3.63) is 63.4 Å². The smallest absolute Gasteiger partial charge is 0.338 e. The molecule has 1 atom stereocenters. The van der Waals surface area contributed by atoms with Crippen LogP contribution >= 0.6 is 22.9 Å². The van der Waals surface area contributed by atoms with Crippen LogP contribution in [0.3, 0.4) is 0 Å². The molecular weight excluding hydrogens is 360 g/mol. The monoisotopic (exact) mass is 374 g/mol. The van der Waals surface area contributed by atoms with Gasteiger partial charge in [0.2, 0.25) is 0 Å². The molecule has 0 saturated heterocycles. The van der Waals surface area contributed by atoms with E-state index in [1.807, 2.05) is 17.5 Å². The lowest BCUT2D eigenvalue weighted by Crippen LogP contribution is -2.35. The molecule has 3 rings (SSSR count). The molecule has 0 fully saturated rings. The standard InChI is InChI=1S/C18H15ClN2O3S/c1-11(17(22)20-10-14-3-2-8-25-14)24-18(23)13-4-6-15-12(9-13)5-7-16(19)21-15/h2-9,11H,10H2,1H3,(H,20,22). The van der Waals surface area contributed by atoms with E-state index < -0.39 is 12.1 Å². The van der Waals surface area contributed by atoms with Crippen LogP contribution in [0.1, 0.15) is 22.2 Å². The number of esters is 1. The van der Waals surface area contributed by atoms with E-state index >= 15 is 0 Å². The lowest BCUT2D eigenvalue weighted by atomic mass is 10.1. The quantitative estimate of drug-likeness (QED) is 0.544. The van der Waals surface area contributed by atoms with E-state index in [9.17, 15) is 9.59 Å². The van der Waals surface area contributed by atoms with Crippen molar-refractivity contribution < 1.29 is 14.3 Å². The maximum Gasteiger partial charge on any atom is 0.338 e. The number of fused-ring (bicyclic) bond motifs is 1. The number of hydrogen-bond acceptors (Lipinski definition) is 5. The van der Waals surface area contributed by atoms with E-state index in [0.717, 1.165) is 10.3 Å². The molecule has 0 saturated carbocycles. The van der Waals surface area contributed by atoms with Gasteiger partial charge in [-0.15, -0.1) is 11.3 Å². The van der Waals surface area contributed by atoms with Gasteiger partial charge in [0.1, 0.15) is 5.15 Å². The van der Waals surface area contributed by atoms with E-state index in [1.165, 1.54) is 0 Å². The number of hydrogen-bond donors (Lipinski definition) is 1. The average Bonchev–Trinajstić information content (AvgIpc) is 3.12. The highest BCUT2D eigenvalue weighted by Gasteiger charge is 2.19. The Bertz CT molecular complexity index is 912. The van der Waals surface area contributed by atoms with Gasteiger partial charge in [0.05, 0.1) is 17.6 Å². The Labute approximate surface area is 153 Å². The SMILES string of the molecule is CC(OC(=O)c1ccc2nc(Cl)ccc2c1)C(=O)NCc1cccs1. The van der Waals surface area contributed by atoms with Gasteiger partial charge >= 0.3 is 5.97 Å². The predicted molar refractivity (Wildman–Crippen MR) is 97.8 cm³/mol. The normalized spacial score (nSPS) is 11.9. The third kappa shape index (κ3) is 4.35. The van der Waals surface area contributed by atoms with Crippen molar-refractivity contribution >= 4 is 45.7 Å². The Hall–Kier alpha value is -2.44. The lowest BCUT2D eigenvalue weighted by molar-refractivity contribution is -0.129. The molecule has 3 aromatic rings. The molecule has 0 aliphatic carbocycles. The van der Waals surface area contributed by atoms with Crippen molar-refractivity contribution in [2.75, 3.05) is 0 Å². The van der Waals surface area contributed by atoms with E-state index in [1.54, 1.807) is 48.6 Å². The number of halogens is 1. The van der Waals surface area contributed by atoms with Gasteiger partial charge in [-0.25, -0.2) is 9.78 Å². The summed E-state index contributed by atoms with van der Waals surface area (Å²) < 4.78 is 5.25. The summed E-state index contributed by atoms with van der Waals surface area (Å²) in [5, 5.41) is 5.84. The molecule has 1 unspecified atom stereocenters. The predicted octanol–water partition coefficient (Wildman–Crippen LogP) is 3.81. The highest BCUT2D eigenvalue weighted by Crippen LogP contribution is 2.18. The molecule has 5 nitrogen and oxygen atoms in total. The molecule has 0 bridgehead atoms. The van der Waals surface area contributed by atoms with Crippen molar-refractivity contribution in [2.24, 2.45) is 0 Å². The number of benzene rings is 1. The van der Waals surface area contributed by atoms with Crippen LogP contribution in [0.5, 0.6) is 0 Å². The molecule has 0 spiro atoms. The molecule has 0 aliphatic heterocycles. The van der Waals surface area contributed by atoms with Gasteiger partial charge in [-0.3, -0.25) is 4.79 Å². The number of nitrogens with zero attached hydrogens (tertiary/aromatic N) is 1. The highest BCUT2D eigenvalue weighted by atomic mass is 35.5. The van der Waals surface area contributed by atoms with Gasteiger partial charge in [-0.1, -0.05) is 17.7 Å². The molecule has 1 amide bonds. The zero-order valence-corrected chi connectivity index (χ0v) is 14.9. The van der Waals surface area contributed by atoms with Gasteiger partial charge in [0, 0.05) is 10.3 Å². The first-order chi connectivity index (χ1) is 12.0. The molecule has 1 aromatic carbocycles. The fraction of sp³-hybridized carbons (Fsp3) is 0.167. The minimum Gasteiger partial charge on any atom is -0.449 e. The third-order valence-corrected chi connectivity index (χ3v) is 4.65. The Morgan fingerprint density at radius 3 is 2.88 bits per heavy atom. The fourth-order valence-electron chi connectivity index (χ4n) is 2.24. The maximum absolute atomic E-state index is 12.3. The summed E-state index contributed by atoms with van der Waals surface area (Å²) in [5.74, 6) is -0.897. The van der Waals surface area contributed by atoms with Crippen LogP contribution in [-0.4, -0.2) is 23.0 Å². The number of aromatic nitrogens is 1. The molecule has 2 heterocycles. The van der Waals surface area contributed by atoms with Crippen molar-refractivity contribution in [2.45, 2.75) is 19.6 Å². The summed E-state index contributed by atoms with van der Waals surface area (Å²) in [5.41, 5.74) is 1.04. The molecule has 0 radical (unpaired) electrons. The summed E-state index contributed by atoms with van der Waals surface area (Å²) >= 11 is 7.40. The van der Waals surface area contributed by atoms with Crippen molar-refractivity contribution in [3.63, 3.8) is 0 Å². The van der Waals surface area contributed by atoms with Gasteiger partial charge in [-0.05, 0) is 48.7 Å². The topological polar surface area (TPSA) is 68.3 Å². The molecule has 0 aliphatic rings. The van der Waals surface area contributed by atoms with Crippen LogP contribution in [-0.2, 0) is 16.1 Å². The Kier molecular flexibility index (Phi) is 5.31. The summed E-state index contributed by atoms with van der Waals surface area (Å²) in [6, 6.07) is 12.2. The number of pyridine rings is 1. The van der Waals surface area contributed by atoms with E-state index in [2.05, 4.69) is 10.3 Å². The van der Waals surface area contributed by atoms with Crippen molar-refractivity contribution in [1.82, 2.24) is 10.3 Å². The zero-order chi connectivity index (χ0) is 17.8. The van der Waals surface area contributed by atoms with Crippen LogP contribution in [0.15, 0.2) is 47.8 Å². The van der Waals surface area contributed by atoms with Crippen LogP contribution < -0.4 is 5.32 Å². The summed E-state index contributed by atoms with van der Waals surface area (Å²) in [6.07, 6.45) is -0.883. The second-order valence-electron chi connectivity index (χ2n) is 5.39. The van der Waals surface area contributed by atoms with Crippen molar-refractivity contribution in [3.8, 4) is 0 Å². The molecule has 7 heteroatoms. The summed E-state index contributed by atoms with van der Waals surface area (Å²) in [7, 11) is 0. The van der Waals surface area contributed by atoms with Crippen LogP contribution in [0.2, 0.25) is 5.15 Å². The van der Waals surface area contributed by atoms with Crippen LogP contribution in [0.4, 0.5) is 0 Å². The number of nitrogens with one attached hydrogen (secondary N) is 1. The number of amides is 1. The van der Waals surface area contributed by atoms with Gasteiger partial charge in [0.25, 0.3) is 5.91 Å². The second kappa shape index (κ2) is 7.63. The minimum atomic E-state index is -0.883. The van der Waals surface area contributed by atoms with Gasteiger partial charge in [0.15, 0.2) is 6.10 Å². The molecule has 128 valence electrons. The summed E-state index contributed by atoms with van der Waals surface area (Å²) in [4.78, 5) is 29.5. The first-order valence-corrected chi connectivity index (χ1v) is 8.86. The number of thiophene rings is 1. The van der Waals surface area contributed by atoms with E-state index in [0.29, 0.717) is 22.8 Å². The van der Waals surface area contributed by atoms with Crippen molar-refractivity contribution in [1.29, 1.82) is 0 Å². The highest BCUT2D eigenvalue weighted by molar-refractivity contribution is 7.09. The lowest BCUT2D eigenvalue weighted by Gasteiger charge is -2.13. The van der Waals surface area contributed by atoms with Gasteiger partial charge in [-0.2, -0.15) is 0 Å². The third-order valence-electron chi connectivity index (χ3n) is 3.56. The first kappa shape index (κ1) is 17.4. The zero-order valence-electron chi connectivity index (χ0n) is 13.4. The van der Waals surface area contributed by atoms with Gasteiger partial charge < -0.3 is 10.1 Å². The number of carbonyl (C=O) groups is 2. The van der Waals surface area contributed by atoms with Crippen LogP contribution in [0.25, 0.3) is 10.9 Å². The largest absolute Gasteiger partial charge is 0.449 e. The number of carbonyl (C=O) groups excluding carboxylic acids is 2. The fourth-order valence-corrected chi connectivity index (χ4v) is 3.04. The molecular formula is C18H15ClN2O3S. The van der Waals surface area contributed by atoms with E-state index in [4.69, 9.17) is 16.3 Å². The first-order valence-electron chi connectivity index (χ1n) is 7.60. The minimum absolute atomic E-state index is 0.337. The van der Waals surface area contributed by atoms with E-state index in [-0.39, 0.29) is 5.91 Å². The Balaban J connectivity index is 1.62. The average molecular weight is 375 g/mol. The van der Waals surface area contributed by atoms with Crippen LogP contribution in [0, 0.1) is 0 Å². The Morgan fingerprint density at radius 2 is 2.12 bits per heavy atom. The number of ether oxygens (including phenoxy) is 1.